The van der Waals surface area contributed by atoms with Crippen LogP contribution in [0.15, 0.2) is 35.3 Å². The molecule has 2 N–H and O–H groups in total. The summed E-state index contributed by atoms with van der Waals surface area (Å²) in [6, 6.07) is 7.76. The van der Waals surface area contributed by atoms with Crippen molar-refractivity contribution in [3.63, 3.8) is 0 Å². The molecule has 3 aliphatic rings. The Morgan fingerprint density at radius 3 is 2.60 bits per heavy atom. The molecule has 1 aromatic heterocycles. The van der Waals surface area contributed by atoms with E-state index in [-0.39, 0.29) is 95.0 Å². The minimum atomic E-state index is -1.26. The van der Waals surface area contributed by atoms with E-state index >= 15 is 8.78 Å². The van der Waals surface area contributed by atoms with Gasteiger partial charge in [0.2, 0.25) is 5.88 Å². The number of aliphatic hydroxyl groups is 1. The van der Waals surface area contributed by atoms with Crippen molar-refractivity contribution in [2.24, 2.45) is 10.4 Å². The molecule has 5 unspecified atom stereocenters. The number of hydrogen-bond acceptors (Lipinski definition) is 11. The van der Waals surface area contributed by atoms with Gasteiger partial charge in [0.25, 0.3) is 0 Å². The van der Waals surface area contributed by atoms with Crippen molar-refractivity contribution >= 4 is 35.0 Å². The number of anilines is 1. The van der Waals surface area contributed by atoms with Crippen LogP contribution in [0.4, 0.5) is 14.6 Å². The van der Waals surface area contributed by atoms with E-state index in [9.17, 15) is 10.2 Å². The third-order valence-corrected chi connectivity index (χ3v) is 11.1. The van der Waals surface area contributed by atoms with Gasteiger partial charge in [-0.05, 0) is 95.8 Å². The van der Waals surface area contributed by atoms with Gasteiger partial charge in [0.1, 0.15) is 39.4 Å². The highest BCUT2D eigenvalue weighted by atomic mass is 19.1. The van der Waals surface area contributed by atoms with E-state index in [1.54, 1.807) is 17.9 Å². The number of aliphatic imine (C=N–C) groups is 1. The zero-order valence-electron chi connectivity index (χ0n) is 31.7. The zero-order valence-corrected chi connectivity index (χ0v) is 31.7. The first-order valence-corrected chi connectivity index (χ1v) is 18.5. The second kappa shape index (κ2) is 15.8. The molecule has 0 bridgehead atoms. The lowest BCUT2D eigenvalue weighted by Crippen LogP contribution is -2.57. The molecule has 288 valence electrons. The smallest absolute Gasteiger partial charge is 0.319 e. The third kappa shape index (κ3) is 8.43. The van der Waals surface area contributed by atoms with Crippen molar-refractivity contribution in [2.45, 2.75) is 96.6 Å². The number of ether oxygens (including phenoxy) is 4. The first kappa shape index (κ1) is 38.8. The lowest BCUT2D eigenvalue weighted by molar-refractivity contribution is -0.0968. The molecule has 13 heteroatoms. The maximum Gasteiger partial charge on any atom is 0.319 e. The summed E-state index contributed by atoms with van der Waals surface area (Å²) in [6.07, 6.45) is 3.81. The minimum Gasteiger partial charge on any atom is -0.508 e. The highest BCUT2D eigenvalue weighted by Gasteiger charge is 2.43. The van der Waals surface area contributed by atoms with Crippen LogP contribution in [-0.2, 0) is 20.6 Å². The van der Waals surface area contributed by atoms with E-state index in [0.29, 0.717) is 18.0 Å². The second-order valence-electron chi connectivity index (χ2n) is 15.6. The number of fused-ring (bicyclic) bond motifs is 1. The lowest BCUT2D eigenvalue weighted by atomic mass is 9.74. The molecular formula is C40H53F2N5O6. The summed E-state index contributed by atoms with van der Waals surface area (Å²) in [5, 5.41) is 22.2. The summed E-state index contributed by atoms with van der Waals surface area (Å²) in [6.45, 7) is 16.1. The monoisotopic (exact) mass is 737 g/mol. The number of nitrogens with zero attached hydrogens (tertiary/aromatic N) is 5. The fraction of sp³-hybridized carbons (Fsp3) is 0.575. The predicted molar refractivity (Wildman–Crippen MR) is 201 cm³/mol. The number of hydrogen-bond donors (Lipinski definition) is 2. The fourth-order valence-corrected chi connectivity index (χ4v) is 8.42. The molecule has 0 spiro atoms. The number of halogens is 2. The average Bonchev–Trinajstić information content (AvgIpc) is 3.28. The number of rotatable bonds is 9. The highest BCUT2D eigenvalue weighted by molar-refractivity contribution is 5.88. The largest absolute Gasteiger partial charge is 0.508 e. The molecule has 0 radical (unpaired) electrons. The van der Waals surface area contributed by atoms with E-state index in [1.807, 2.05) is 0 Å². The molecule has 5 atom stereocenters. The second-order valence-corrected chi connectivity index (χ2v) is 15.6. The fourth-order valence-electron chi connectivity index (χ4n) is 8.42. The average molecular weight is 738 g/mol. The van der Waals surface area contributed by atoms with Crippen molar-refractivity contribution < 1.29 is 37.9 Å². The first-order chi connectivity index (χ1) is 25.2. The van der Waals surface area contributed by atoms with Crippen LogP contribution in [0.1, 0.15) is 65.9 Å². The summed E-state index contributed by atoms with van der Waals surface area (Å²) in [7, 11) is 1.39. The molecule has 4 heterocycles. The van der Waals surface area contributed by atoms with Crippen LogP contribution >= 0.6 is 0 Å². The van der Waals surface area contributed by atoms with Crippen LogP contribution in [0.2, 0.25) is 0 Å². The van der Waals surface area contributed by atoms with Crippen LogP contribution in [0.25, 0.3) is 22.5 Å². The maximum absolute atomic E-state index is 17.0. The quantitative estimate of drug-likeness (QED) is 0.301. The van der Waals surface area contributed by atoms with Gasteiger partial charge in [-0.25, -0.2) is 13.8 Å². The summed E-state index contributed by atoms with van der Waals surface area (Å²) in [5.41, 5.74) is -1.32. The van der Waals surface area contributed by atoms with Crippen LogP contribution in [0, 0.1) is 11.2 Å². The Kier molecular flexibility index (Phi) is 11.6. The number of piperidine rings is 1. The number of likely N-dealkylation sites (tertiary alicyclic amines) is 1. The van der Waals surface area contributed by atoms with E-state index in [0.717, 1.165) is 32.2 Å². The lowest BCUT2D eigenvalue weighted by Gasteiger charge is -2.51. The Morgan fingerprint density at radius 1 is 1.13 bits per heavy atom. The van der Waals surface area contributed by atoms with Gasteiger partial charge in [0.05, 0.1) is 45.7 Å². The van der Waals surface area contributed by atoms with E-state index in [4.69, 9.17) is 23.9 Å². The Morgan fingerprint density at radius 2 is 1.89 bits per heavy atom. The van der Waals surface area contributed by atoms with E-state index in [2.05, 4.69) is 49.3 Å². The van der Waals surface area contributed by atoms with Crippen LogP contribution < -0.4 is 20.2 Å². The van der Waals surface area contributed by atoms with Gasteiger partial charge in [0.15, 0.2) is 0 Å². The number of aromatic hydroxyl groups is 1. The molecule has 6 rings (SSSR count). The standard InChI is InChI=1S/C40H53F2N5O6/c1-24-16-29(17-25(2)53-24)47-13-9-12-39(4,26(47)3)22-52-38-44-35(32(42)20-28-19-30(48)18-27-10-8-11-31(41)33(27)28)34(37(43-6)50-7)36(45-38)46-14-15-51-23-40(5,49)21-46/h8,10-11,18-19,24-26,29,48-49H,6,9,12-17,20-23H2,1-5,7H3/b35-32-,37-34-. The van der Waals surface area contributed by atoms with Crippen LogP contribution in [0.3, 0.4) is 0 Å². The summed E-state index contributed by atoms with van der Waals surface area (Å²) in [4.78, 5) is 17.9. The summed E-state index contributed by atoms with van der Waals surface area (Å²) >= 11 is 0. The number of aromatic nitrogens is 2. The van der Waals surface area contributed by atoms with Gasteiger partial charge in [0, 0.05) is 35.9 Å². The molecular weight excluding hydrogens is 684 g/mol. The molecule has 53 heavy (non-hydrogen) atoms. The Labute approximate surface area is 309 Å². The number of benzene rings is 2. The Hall–Kier alpha value is -3.91. The zero-order chi connectivity index (χ0) is 38.1. The van der Waals surface area contributed by atoms with Crippen molar-refractivity contribution in [1.29, 1.82) is 0 Å². The minimum absolute atomic E-state index is 0.0446. The first-order valence-electron chi connectivity index (χ1n) is 18.5. The molecule has 11 nitrogen and oxygen atoms in total. The van der Waals surface area contributed by atoms with Crippen LogP contribution in [0.5, 0.6) is 11.8 Å². The third-order valence-electron chi connectivity index (χ3n) is 11.1. The molecule has 2 aromatic carbocycles. The van der Waals surface area contributed by atoms with Crippen molar-refractivity contribution in [1.82, 2.24) is 14.9 Å². The van der Waals surface area contributed by atoms with Gasteiger partial charge in [-0.3, -0.25) is 4.90 Å². The summed E-state index contributed by atoms with van der Waals surface area (Å²) < 4.78 is 56.1. The van der Waals surface area contributed by atoms with Crippen LogP contribution in [-0.4, -0.2) is 108 Å². The topological polar surface area (TPSA) is 122 Å². The maximum atomic E-state index is 17.0. The Bertz CT molecular complexity index is 1930. The molecule has 3 aromatic rings. The molecule has 3 saturated heterocycles. The van der Waals surface area contributed by atoms with Crippen molar-refractivity contribution in [3.8, 4) is 11.8 Å². The van der Waals surface area contributed by atoms with Gasteiger partial charge in [-0.2, -0.15) is 9.97 Å². The molecule has 3 fully saturated rings. The molecule has 0 amide bonds. The number of phenols is 1. The molecule has 0 aliphatic carbocycles. The molecule has 3 aliphatic heterocycles. The van der Waals surface area contributed by atoms with Crippen molar-refractivity contribution in [2.75, 3.05) is 51.5 Å². The van der Waals surface area contributed by atoms with Gasteiger partial charge >= 0.3 is 6.01 Å². The van der Waals surface area contributed by atoms with Gasteiger partial charge < -0.3 is 34.1 Å². The number of β-amino-alcohol motifs (C(OH)–C–C–N with tert-alkyl or cyclic N) is 1. The number of methoxy groups -OCH3 is 1. The van der Waals surface area contributed by atoms with Gasteiger partial charge in [-0.1, -0.05) is 19.1 Å². The highest BCUT2D eigenvalue weighted by Crippen LogP contribution is 2.39. The predicted octanol–water partition coefficient (Wildman–Crippen LogP) is 4.62. The van der Waals surface area contributed by atoms with Gasteiger partial charge in [-0.15, -0.1) is 0 Å². The van der Waals surface area contributed by atoms with E-state index in [1.165, 1.54) is 31.4 Å². The SMILES string of the molecule is C=N/C(OC)=c1/c(N2CCOCC(C)(O)C2)nc(OCC2(C)CCCN(C3CC(C)OC(C)C3)C2C)n/c1=C(\F)Cc1cc(O)cc2cccc(F)c12. The Balaban J connectivity index is 1.46. The molecule has 0 saturated carbocycles. The normalized spacial score (nSPS) is 29.7. The van der Waals surface area contributed by atoms with Crippen molar-refractivity contribution in [3.05, 3.63) is 52.3 Å². The summed E-state index contributed by atoms with van der Waals surface area (Å²) in [5.74, 6) is -1.26. The van der Waals surface area contributed by atoms with E-state index < -0.39 is 23.7 Å². The number of phenolic OH excluding ortho intramolecular Hbond substituents is 1.